The summed E-state index contributed by atoms with van der Waals surface area (Å²) < 4.78 is 5.63. The summed E-state index contributed by atoms with van der Waals surface area (Å²) in [6, 6.07) is 3.98. The van der Waals surface area contributed by atoms with Crippen molar-refractivity contribution < 1.29 is 9.32 Å². The van der Waals surface area contributed by atoms with Crippen molar-refractivity contribution in [3.63, 3.8) is 0 Å². The van der Waals surface area contributed by atoms with E-state index in [-0.39, 0.29) is 5.56 Å². The van der Waals surface area contributed by atoms with Crippen molar-refractivity contribution in [2.75, 3.05) is 7.05 Å². The lowest BCUT2D eigenvalue weighted by atomic mass is 9.97. The van der Waals surface area contributed by atoms with Gasteiger partial charge in [0.25, 0.3) is 5.56 Å². The van der Waals surface area contributed by atoms with E-state index in [0.29, 0.717) is 6.54 Å². The fourth-order valence-corrected chi connectivity index (χ4v) is 4.80. The van der Waals surface area contributed by atoms with E-state index in [9.17, 15) is 4.79 Å². The molecule has 3 aromatic rings. The highest BCUT2D eigenvalue weighted by Gasteiger charge is 2.20. The van der Waals surface area contributed by atoms with Crippen LogP contribution in [0.2, 0.25) is 0 Å². The molecule has 4 rings (SSSR count). The van der Waals surface area contributed by atoms with Gasteiger partial charge in [0.15, 0.2) is 11.6 Å². The van der Waals surface area contributed by atoms with Crippen LogP contribution in [0.15, 0.2) is 21.3 Å². The summed E-state index contributed by atoms with van der Waals surface area (Å²) in [4.78, 5) is 23.8. The number of fused-ring (bicyclic) bond motifs is 3. The third-order valence-corrected chi connectivity index (χ3v) is 5.80. The van der Waals surface area contributed by atoms with Crippen molar-refractivity contribution in [3.8, 4) is 0 Å². The fraction of sp³-hybridized carbons (Fsp3) is 0.444. The van der Waals surface area contributed by atoms with Gasteiger partial charge >= 0.3 is 0 Å². The molecule has 0 saturated heterocycles. The number of aryl methyl sites for hydroxylation is 3. The molecule has 5 nitrogen and oxygen atoms in total. The molecule has 0 saturated carbocycles. The van der Waals surface area contributed by atoms with Gasteiger partial charge in [-0.3, -0.25) is 4.79 Å². The lowest BCUT2D eigenvalue weighted by molar-refractivity contribution is -0.909. The average Bonchev–Trinajstić information content (AvgIpc) is 3.10. The zero-order valence-corrected chi connectivity index (χ0v) is 14.9. The summed E-state index contributed by atoms with van der Waals surface area (Å²) in [6.45, 7) is 3.40. The number of aromatic amines is 1. The maximum atomic E-state index is 12.6. The third-order valence-electron chi connectivity index (χ3n) is 4.62. The van der Waals surface area contributed by atoms with Gasteiger partial charge in [-0.2, -0.15) is 0 Å². The Morgan fingerprint density at radius 2 is 2.12 bits per heavy atom. The molecule has 1 unspecified atom stereocenters. The quantitative estimate of drug-likeness (QED) is 0.761. The molecule has 1 aliphatic rings. The van der Waals surface area contributed by atoms with Crippen LogP contribution in [-0.4, -0.2) is 17.0 Å². The zero-order chi connectivity index (χ0) is 16.7. The first-order valence-corrected chi connectivity index (χ1v) is 9.32. The Balaban J connectivity index is 1.59. The molecule has 126 valence electrons. The molecule has 0 radical (unpaired) electrons. The number of quaternary nitrogens is 1. The minimum atomic E-state index is 0.0241. The topological polar surface area (TPSA) is 63.3 Å². The lowest BCUT2D eigenvalue weighted by Gasteiger charge is -2.12. The van der Waals surface area contributed by atoms with Crippen LogP contribution in [0.1, 0.15) is 40.6 Å². The number of hydrogen-bond donors (Lipinski definition) is 2. The van der Waals surface area contributed by atoms with Crippen LogP contribution in [0.4, 0.5) is 0 Å². The molecule has 0 amide bonds. The van der Waals surface area contributed by atoms with Crippen LogP contribution in [-0.2, 0) is 25.9 Å². The molecular weight excluding hydrogens is 322 g/mol. The van der Waals surface area contributed by atoms with Gasteiger partial charge in [-0.05, 0) is 50.3 Å². The van der Waals surface area contributed by atoms with Crippen molar-refractivity contribution in [2.24, 2.45) is 0 Å². The number of hydrogen-bond acceptors (Lipinski definition) is 4. The summed E-state index contributed by atoms with van der Waals surface area (Å²) >= 11 is 1.70. The van der Waals surface area contributed by atoms with E-state index in [4.69, 9.17) is 9.40 Å². The number of rotatable bonds is 4. The van der Waals surface area contributed by atoms with E-state index < -0.39 is 0 Å². The van der Waals surface area contributed by atoms with Gasteiger partial charge in [0, 0.05) is 4.88 Å². The molecule has 1 aliphatic carbocycles. The predicted octanol–water partition coefficient (Wildman–Crippen LogP) is 1.98. The van der Waals surface area contributed by atoms with Gasteiger partial charge in [-0.1, -0.05) is 0 Å². The van der Waals surface area contributed by atoms with E-state index in [1.54, 1.807) is 11.3 Å². The molecule has 0 bridgehead atoms. The van der Waals surface area contributed by atoms with Gasteiger partial charge in [-0.15, -0.1) is 11.3 Å². The average molecular weight is 344 g/mol. The van der Waals surface area contributed by atoms with Crippen molar-refractivity contribution in [3.05, 3.63) is 50.3 Å². The van der Waals surface area contributed by atoms with E-state index in [0.717, 1.165) is 46.9 Å². The van der Waals surface area contributed by atoms with Crippen molar-refractivity contribution in [1.82, 2.24) is 9.97 Å². The second-order valence-electron chi connectivity index (χ2n) is 6.73. The maximum absolute atomic E-state index is 12.6. The highest BCUT2D eigenvalue weighted by Crippen LogP contribution is 2.33. The lowest BCUT2D eigenvalue weighted by Crippen LogP contribution is -3.06. The van der Waals surface area contributed by atoms with E-state index in [2.05, 4.69) is 12.0 Å². The number of furan rings is 1. The Hall–Kier alpha value is -1.92. The number of nitrogens with zero attached hydrogens (tertiary/aromatic N) is 1. The fourth-order valence-electron chi connectivity index (χ4n) is 3.52. The van der Waals surface area contributed by atoms with Crippen LogP contribution >= 0.6 is 11.3 Å². The zero-order valence-electron chi connectivity index (χ0n) is 14.1. The van der Waals surface area contributed by atoms with Crippen molar-refractivity contribution >= 4 is 21.6 Å². The first-order chi connectivity index (χ1) is 11.6. The number of thiophene rings is 1. The monoisotopic (exact) mass is 344 g/mol. The molecule has 0 aromatic carbocycles. The summed E-state index contributed by atoms with van der Waals surface area (Å²) in [6.07, 6.45) is 4.51. The summed E-state index contributed by atoms with van der Waals surface area (Å²) in [5, 5.41) is 0.831. The Morgan fingerprint density at radius 1 is 1.29 bits per heavy atom. The molecule has 0 fully saturated rings. The Labute approximate surface area is 144 Å². The standard InChI is InChI=1S/C18H21N3O2S/c1-11-7-8-12(23-11)9-21(2)10-15-19-17(22)16-13-5-3-4-6-14(13)24-18(16)20-15/h7-8H,3-6,9-10H2,1-2H3,(H,19,20,22)/p+1. The van der Waals surface area contributed by atoms with Gasteiger partial charge in [0.05, 0.1) is 12.4 Å². The van der Waals surface area contributed by atoms with Crippen LogP contribution in [0.25, 0.3) is 10.2 Å². The molecule has 0 spiro atoms. The molecule has 1 atom stereocenters. The SMILES string of the molecule is Cc1ccc(C[NH+](C)Cc2nc3sc4c(c3c(=O)[nH]2)CCCC4)o1. The Morgan fingerprint density at radius 3 is 2.92 bits per heavy atom. The van der Waals surface area contributed by atoms with Crippen LogP contribution in [0.3, 0.4) is 0 Å². The van der Waals surface area contributed by atoms with Gasteiger partial charge < -0.3 is 14.3 Å². The highest BCUT2D eigenvalue weighted by molar-refractivity contribution is 7.18. The smallest absolute Gasteiger partial charge is 0.260 e. The molecule has 24 heavy (non-hydrogen) atoms. The molecule has 3 aromatic heterocycles. The van der Waals surface area contributed by atoms with E-state index in [1.165, 1.54) is 28.2 Å². The predicted molar refractivity (Wildman–Crippen MR) is 94.6 cm³/mol. The third kappa shape index (κ3) is 2.91. The molecule has 3 heterocycles. The number of aromatic nitrogens is 2. The first-order valence-electron chi connectivity index (χ1n) is 8.50. The molecule has 2 N–H and O–H groups in total. The molecule has 6 heteroatoms. The normalized spacial score (nSPS) is 15.6. The van der Waals surface area contributed by atoms with Crippen LogP contribution < -0.4 is 10.5 Å². The molecule has 0 aliphatic heterocycles. The van der Waals surface area contributed by atoms with Gasteiger partial charge in [-0.25, -0.2) is 4.98 Å². The van der Waals surface area contributed by atoms with Crippen LogP contribution in [0.5, 0.6) is 0 Å². The largest absolute Gasteiger partial charge is 0.460 e. The second kappa shape index (κ2) is 6.18. The summed E-state index contributed by atoms with van der Waals surface area (Å²) in [5.74, 6) is 2.64. The Bertz CT molecular complexity index is 938. The van der Waals surface area contributed by atoms with Crippen LogP contribution in [0, 0.1) is 6.92 Å². The summed E-state index contributed by atoms with van der Waals surface area (Å²) in [7, 11) is 2.08. The minimum Gasteiger partial charge on any atom is -0.460 e. The summed E-state index contributed by atoms with van der Waals surface area (Å²) in [5.41, 5.74) is 1.27. The highest BCUT2D eigenvalue weighted by atomic mass is 32.1. The van der Waals surface area contributed by atoms with Crippen molar-refractivity contribution in [1.29, 1.82) is 0 Å². The number of H-pyrrole nitrogens is 1. The number of nitrogens with one attached hydrogen (secondary N) is 2. The van der Waals surface area contributed by atoms with Gasteiger partial charge in [0.1, 0.15) is 23.7 Å². The minimum absolute atomic E-state index is 0.0241. The second-order valence-corrected chi connectivity index (χ2v) is 7.81. The van der Waals surface area contributed by atoms with E-state index in [1.807, 2.05) is 19.1 Å². The molecular formula is C18H22N3O2S+. The maximum Gasteiger partial charge on any atom is 0.260 e. The van der Waals surface area contributed by atoms with Gasteiger partial charge in [0.2, 0.25) is 0 Å². The first kappa shape index (κ1) is 15.6. The Kier molecular flexibility index (Phi) is 4.02. The van der Waals surface area contributed by atoms with E-state index >= 15 is 0 Å². The van der Waals surface area contributed by atoms with Crippen molar-refractivity contribution in [2.45, 2.75) is 45.7 Å².